The van der Waals surface area contributed by atoms with E-state index >= 15 is 0 Å². The molecule has 4 rings (SSSR count). The normalized spacial score (nSPS) is 11.0. The van der Waals surface area contributed by atoms with Crippen LogP contribution in [0.4, 0.5) is 0 Å². The van der Waals surface area contributed by atoms with Crippen LogP contribution in [0.3, 0.4) is 0 Å². The fourth-order valence-corrected chi connectivity index (χ4v) is 3.13. The first kappa shape index (κ1) is 14.3. The molecule has 0 bridgehead atoms. The number of carboxylic acids is 1. The molecule has 0 radical (unpaired) electrons. The quantitative estimate of drug-likeness (QED) is 0.543. The van der Waals surface area contributed by atoms with Crippen molar-refractivity contribution in [3.8, 4) is 16.9 Å². The second-order valence-corrected chi connectivity index (χ2v) is 5.74. The van der Waals surface area contributed by atoms with Gasteiger partial charge in [0.1, 0.15) is 11.3 Å². The topological polar surface area (TPSA) is 57.5 Å². The summed E-state index contributed by atoms with van der Waals surface area (Å²) in [4.78, 5) is 11.7. The highest BCUT2D eigenvalue weighted by molar-refractivity contribution is 6.09. The molecule has 0 amide bonds. The minimum atomic E-state index is -1.13. The van der Waals surface area contributed by atoms with Crippen molar-refractivity contribution in [1.29, 1.82) is 0 Å². The SMILES string of the molecule is O=C(O)c1c(O)c(-c2ccc3ccccc3c2)cc2ccccc12. The van der Waals surface area contributed by atoms with Gasteiger partial charge in [-0.2, -0.15) is 0 Å². The number of rotatable bonds is 2. The average molecular weight is 314 g/mol. The van der Waals surface area contributed by atoms with Crippen LogP contribution in [0.15, 0.2) is 72.8 Å². The standard InChI is InChI=1S/C21H14O3/c22-20-18(16-10-9-13-5-1-2-6-14(13)11-16)12-15-7-3-4-8-17(15)19(20)21(23)24/h1-12,22H,(H,23,24). The number of carbonyl (C=O) groups is 1. The van der Waals surface area contributed by atoms with Crippen molar-refractivity contribution in [3.63, 3.8) is 0 Å². The van der Waals surface area contributed by atoms with E-state index in [-0.39, 0.29) is 11.3 Å². The predicted molar refractivity (Wildman–Crippen MR) is 95.5 cm³/mol. The van der Waals surface area contributed by atoms with E-state index in [0.29, 0.717) is 10.9 Å². The van der Waals surface area contributed by atoms with E-state index in [1.165, 1.54) is 0 Å². The third-order valence-corrected chi connectivity index (χ3v) is 4.30. The van der Waals surface area contributed by atoms with Crippen LogP contribution in [0.5, 0.6) is 5.75 Å². The van der Waals surface area contributed by atoms with Gasteiger partial charge in [0.25, 0.3) is 0 Å². The van der Waals surface area contributed by atoms with E-state index in [9.17, 15) is 15.0 Å². The van der Waals surface area contributed by atoms with Crippen LogP contribution >= 0.6 is 0 Å². The van der Waals surface area contributed by atoms with Crippen LogP contribution in [0.2, 0.25) is 0 Å². The van der Waals surface area contributed by atoms with Crippen molar-refractivity contribution in [2.75, 3.05) is 0 Å². The number of aromatic hydroxyl groups is 1. The lowest BCUT2D eigenvalue weighted by atomic mass is 9.94. The summed E-state index contributed by atoms with van der Waals surface area (Å²) in [5, 5.41) is 23.6. The first-order valence-corrected chi connectivity index (χ1v) is 7.62. The lowest BCUT2D eigenvalue weighted by molar-refractivity contribution is 0.0696. The molecule has 0 aliphatic carbocycles. The summed E-state index contributed by atoms with van der Waals surface area (Å²) >= 11 is 0. The molecule has 0 heterocycles. The zero-order valence-electron chi connectivity index (χ0n) is 12.7. The molecule has 3 nitrogen and oxygen atoms in total. The van der Waals surface area contributed by atoms with Gasteiger partial charge in [-0.15, -0.1) is 0 Å². The smallest absolute Gasteiger partial charge is 0.340 e. The number of hydrogen-bond acceptors (Lipinski definition) is 2. The summed E-state index contributed by atoms with van der Waals surface area (Å²) in [6, 6.07) is 22.8. The fourth-order valence-electron chi connectivity index (χ4n) is 3.13. The summed E-state index contributed by atoms with van der Waals surface area (Å²) in [6.45, 7) is 0. The van der Waals surface area contributed by atoms with Gasteiger partial charge in [-0.3, -0.25) is 0 Å². The van der Waals surface area contributed by atoms with Gasteiger partial charge >= 0.3 is 5.97 Å². The van der Waals surface area contributed by atoms with Gasteiger partial charge in [0.05, 0.1) is 0 Å². The zero-order valence-corrected chi connectivity index (χ0v) is 12.7. The average Bonchev–Trinajstić information content (AvgIpc) is 2.60. The van der Waals surface area contributed by atoms with Crippen LogP contribution in [0.25, 0.3) is 32.7 Å². The first-order chi connectivity index (χ1) is 11.6. The maximum Gasteiger partial charge on any atom is 0.340 e. The minimum absolute atomic E-state index is 0.0590. The van der Waals surface area contributed by atoms with Gasteiger partial charge in [0, 0.05) is 5.56 Å². The van der Waals surface area contributed by atoms with E-state index in [2.05, 4.69) is 0 Å². The third-order valence-electron chi connectivity index (χ3n) is 4.30. The number of hydrogen-bond donors (Lipinski definition) is 2. The van der Waals surface area contributed by atoms with Crippen molar-refractivity contribution in [1.82, 2.24) is 0 Å². The number of phenols is 1. The highest BCUT2D eigenvalue weighted by atomic mass is 16.4. The van der Waals surface area contributed by atoms with Gasteiger partial charge in [0.2, 0.25) is 0 Å². The number of carboxylic acid groups (broad SMARTS) is 1. The summed E-state index contributed by atoms with van der Waals surface area (Å²) in [5.41, 5.74) is 1.26. The van der Waals surface area contributed by atoms with Crippen LogP contribution in [-0.2, 0) is 0 Å². The molecular formula is C21H14O3. The van der Waals surface area contributed by atoms with E-state index < -0.39 is 5.97 Å². The van der Waals surface area contributed by atoms with Crippen LogP contribution in [0.1, 0.15) is 10.4 Å². The second-order valence-electron chi connectivity index (χ2n) is 5.74. The van der Waals surface area contributed by atoms with Gasteiger partial charge < -0.3 is 10.2 Å². The fraction of sp³-hybridized carbons (Fsp3) is 0. The maximum absolute atomic E-state index is 11.7. The third kappa shape index (κ3) is 2.18. The Morgan fingerprint density at radius 2 is 1.42 bits per heavy atom. The summed E-state index contributed by atoms with van der Waals surface area (Å²) in [6.07, 6.45) is 0. The molecule has 0 spiro atoms. The van der Waals surface area contributed by atoms with Crippen LogP contribution < -0.4 is 0 Å². The Morgan fingerprint density at radius 3 is 2.17 bits per heavy atom. The van der Waals surface area contributed by atoms with Crippen molar-refractivity contribution in [2.24, 2.45) is 0 Å². The van der Waals surface area contributed by atoms with Crippen molar-refractivity contribution in [2.45, 2.75) is 0 Å². The van der Waals surface area contributed by atoms with E-state index in [1.54, 1.807) is 12.1 Å². The Hall–Kier alpha value is -3.33. The Bertz CT molecular complexity index is 1100. The summed E-state index contributed by atoms with van der Waals surface area (Å²) in [7, 11) is 0. The van der Waals surface area contributed by atoms with Gasteiger partial charge in [0.15, 0.2) is 0 Å². The molecule has 0 aliphatic rings. The molecule has 0 saturated carbocycles. The highest BCUT2D eigenvalue weighted by Gasteiger charge is 2.19. The molecule has 24 heavy (non-hydrogen) atoms. The molecule has 116 valence electrons. The van der Waals surface area contributed by atoms with Crippen LogP contribution in [-0.4, -0.2) is 16.2 Å². The van der Waals surface area contributed by atoms with Crippen LogP contribution in [0, 0.1) is 0 Å². The molecule has 0 unspecified atom stereocenters. The molecule has 3 heteroatoms. The minimum Gasteiger partial charge on any atom is -0.506 e. The van der Waals surface area contributed by atoms with E-state index in [1.807, 2.05) is 60.7 Å². The Kier molecular flexibility index (Phi) is 3.21. The molecule has 0 aromatic heterocycles. The van der Waals surface area contributed by atoms with Crippen molar-refractivity contribution >= 4 is 27.5 Å². The van der Waals surface area contributed by atoms with Crippen molar-refractivity contribution in [3.05, 3.63) is 78.4 Å². The van der Waals surface area contributed by atoms with Gasteiger partial charge in [-0.25, -0.2) is 4.79 Å². The number of fused-ring (bicyclic) bond motifs is 2. The number of aromatic carboxylic acids is 1. The van der Waals surface area contributed by atoms with Gasteiger partial charge in [-0.05, 0) is 39.2 Å². The summed E-state index contributed by atoms with van der Waals surface area (Å²) < 4.78 is 0. The monoisotopic (exact) mass is 314 g/mol. The largest absolute Gasteiger partial charge is 0.506 e. The first-order valence-electron chi connectivity index (χ1n) is 7.62. The Morgan fingerprint density at radius 1 is 0.750 bits per heavy atom. The Balaban J connectivity index is 2.05. The lowest BCUT2D eigenvalue weighted by Gasteiger charge is -2.12. The highest BCUT2D eigenvalue weighted by Crippen LogP contribution is 2.38. The molecule has 4 aromatic carbocycles. The Labute approximate surface area is 138 Å². The molecule has 0 atom stereocenters. The van der Waals surface area contributed by atoms with Crippen molar-refractivity contribution < 1.29 is 15.0 Å². The second kappa shape index (κ2) is 5.39. The maximum atomic E-state index is 11.7. The summed E-state index contributed by atoms with van der Waals surface area (Å²) in [5.74, 6) is -1.33. The molecule has 4 aromatic rings. The van der Waals surface area contributed by atoms with E-state index in [4.69, 9.17) is 0 Å². The molecular weight excluding hydrogens is 300 g/mol. The zero-order chi connectivity index (χ0) is 16.7. The molecule has 0 aliphatic heterocycles. The molecule has 0 saturated heterocycles. The number of benzene rings is 4. The van der Waals surface area contributed by atoms with Gasteiger partial charge in [-0.1, -0.05) is 60.7 Å². The lowest BCUT2D eigenvalue weighted by Crippen LogP contribution is -1.99. The van der Waals surface area contributed by atoms with E-state index in [0.717, 1.165) is 21.7 Å². The predicted octanol–water partition coefficient (Wildman–Crippen LogP) is 5.06. The molecule has 0 fully saturated rings. The molecule has 2 N–H and O–H groups in total.